The van der Waals surface area contributed by atoms with Gasteiger partial charge >= 0.3 is 5.97 Å². The second-order valence-electron chi connectivity index (χ2n) is 4.60. The van der Waals surface area contributed by atoms with Crippen molar-refractivity contribution in [2.24, 2.45) is 0 Å². The summed E-state index contributed by atoms with van der Waals surface area (Å²) in [6.45, 7) is 0. The van der Waals surface area contributed by atoms with Crippen molar-refractivity contribution < 1.29 is 18.3 Å². The summed E-state index contributed by atoms with van der Waals surface area (Å²) >= 11 is 5.80. The number of rotatable bonds is 5. The summed E-state index contributed by atoms with van der Waals surface area (Å²) in [5, 5.41) is 9.06. The van der Waals surface area contributed by atoms with Gasteiger partial charge < -0.3 is 5.11 Å². The van der Waals surface area contributed by atoms with Gasteiger partial charge in [0.2, 0.25) is 0 Å². The number of aliphatic carboxylic acids is 1. The van der Waals surface area contributed by atoms with Gasteiger partial charge in [0.15, 0.2) is 9.84 Å². The monoisotopic (exact) mass is 324 g/mol. The van der Waals surface area contributed by atoms with E-state index in [4.69, 9.17) is 16.7 Å². The molecule has 0 bridgehead atoms. The highest BCUT2D eigenvalue weighted by molar-refractivity contribution is 7.90. The maximum atomic E-state index is 12.3. The first-order chi connectivity index (χ1) is 9.87. The Balaban J connectivity index is 2.19. The smallest absolute Gasteiger partial charge is 0.307 e. The van der Waals surface area contributed by atoms with Crippen LogP contribution in [0.4, 0.5) is 0 Å². The van der Waals surface area contributed by atoms with Gasteiger partial charge in [-0.3, -0.25) is 4.79 Å². The van der Waals surface area contributed by atoms with Crippen LogP contribution < -0.4 is 0 Å². The van der Waals surface area contributed by atoms with Crippen molar-refractivity contribution in [1.82, 2.24) is 0 Å². The average molecular weight is 325 g/mol. The molecule has 0 heterocycles. The topological polar surface area (TPSA) is 71.4 Å². The number of halogens is 1. The maximum absolute atomic E-state index is 12.3. The van der Waals surface area contributed by atoms with E-state index < -0.39 is 15.8 Å². The number of carbonyl (C=O) groups is 1. The second-order valence-corrected chi connectivity index (χ2v) is 7.03. The molecule has 0 amide bonds. The number of sulfone groups is 1. The number of benzene rings is 2. The molecule has 0 aromatic heterocycles. The number of carboxylic acids is 1. The van der Waals surface area contributed by atoms with Crippen molar-refractivity contribution in [3.8, 4) is 0 Å². The molecule has 21 heavy (non-hydrogen) atoms. The Bertz CT molecular complexity index is 751. The van der Waals surface area contributed by atoms with Crippen LogP contribution in [0.25, 0.3) is 0 Å². The Kier molecular flexibility index (Phi) is 4.65. The van der Waals surface area contributed by atoms with Gasteiger partial charge in [-0.05, 0) is 29.3 Å². The van der Waals surface area contributed by atoms with Crippen molar-refractivity contribution in [1.29, 1.82) is 0 Å². The van der Waals surface area contributed by atoms with Gasteiger partial charge in [-0.2, -0.15) is 0 Å². The third-order valence-electron chi connectivity index (χ3n) is 2.89. The molecule has 0 radical (unpaired) electrons. The van der Waals surface area contributed by atoms with E-state index in [1.807, 2.05) is 0 Å². The summed E-state index contributed by atoms with van der Waals surface area (Å²) < 4.78 is 24.5. The lowest BCUT2D eigenvalue weighted by Crippen LogP contribution is -2.05. The van der Waals surface area contributed by atoms with E-state index in [-0.39, 0.29) is 17.1 Å². The Labute approximate surface area is 127 Å². The molecule has 0 aliphatic rings. The highest BCUT2D eigenvalue weighted by atomic mass is 35.5. The quantitative estimate of drug-likeness (QED) is 0.918. The van der Waals surface area contributed by atoms with Crippen LogP contribution in [0, 0.1) is 0 Å². The van der Waals surface area contributed by atoms with Crippen molar-refractivity contribution in [3.63, 3.8) is 0 Å². The van der Waals surface area contributed by atoms with Crippen LogP contribution in [0.5, 0.6) is 0 Å². The van der Waals surface area contributed by atoms with Crippen molar-refractivity contribution in [2.75, 3.05) is 0 Å². The van der Waals surface area contributed by atoms with Crippen LogP contribution in [0.3, 0.4) is 0 Å². The first kappa shape index (κ1) is 15.5. The third kappa shape index (κ3) is 4.31. The molecule has 6 heteroatoms. The first-order valence-electron chi connectivity index (χ1n) is 6.15. The van der Waals surface area contributed by atoms with Gasteiger partial charge in [0.25, 0.3) is 0 Å². The van der Waals surface area contributed by atoms with E-state index >= 15 is 0 Å². The van der Waals surface area contributed by atoms with Crippen molar-refractivity contribution in [2.45, 2.75) is 17.1 Å². The van der Waals surface area contributed by atoms with Gasteiger partial charge in [-0.25, -0.2) is 8.42 Å². The molecular weight excluding hydrogens is 312 g/mol. The van der Waals surface area contributed by atoms with Gasteiger partial charge in [0.05, 0.1) is 17.1 Å². The summed E-state index contributed by atoms with van der Waals surface area (Å²) in [5.74, 6) is -1.07. The average Bonchev–Trinajstić information content (AvgIpc) is 2.40. The minimum atomic E-state index is -3.47. The van der Waals surface area contributed by atoms with Gasteiger partial charge in [-0.1, -0.05) is 41.9 Å². The van der Waals surface area contributed by atoms with E-state index in [9.17, 15) is 13.2 Å². The van der Waals surface area contributed by atoms with E-state index in [1.54, 1.807) is 36.4 Å². The van der Waals surface area contributed by atoms with Gasteiger partial charge in [-0.15, -0.1) is 0 Å². The first-order valence-corrected chi connectivity index (χ1v) is 8.18. The molecule has 110 valence electrons. The highest BCUT2D eigenvalue weighted by Gasteiger charge is 2.15. The fourth-order valence-electron chi connectivity index (χ4n) is 1.89. The molecule has 2 aromatic rings. The molecule has 0 saturated heterocycles. The Hall–Kier alpha value is -1.85. The van der Waals surface area contributed by atoms with Crippen LogP contribution in [-0.4, -0.2) is 19.5 Å². The molecule has 0 aliphatic carbocycles. The lowest BCUT2D eigenvalue weighted by atomic mass is 10.1. The van der Waals surface area contributed by atoms with E-state index in [0.29, 0.717) is 16.1 Å². The molecule has 0 spiro atoms. The summed E-state index contributed by atoms with van der Waals surface area (Å²) in [4.78, 5) is 10.8. The Morgan fingerprint density at radius 1 is 1.05 bits per heavy atom. The molecule has 1 N–H and O–H groups in total. The molecule has 0 aliphatic heterocycles. The van der Waals surface area contributed by atoms with Crippen LogP contribution in [-0.2, 0) is 26.8 Å². The van der Waals surface area contributed by atoms with E-state index in [1.165, 1.54) is 12.1 Å². The summed E-state index contributed by atoms with van der Waals surface area (Å²) in [7, 11) is -3.47. The van der Waals surface area contributed by atoms with Crippen LogP contribution in [0.1, 0.15) is 11.1 Å². The predicted octanol–water partition coefficient (Wildman–Crippen LogP) is 2.94. The fourth-order valence-corrected chi connectivity index (χ4v) is 3.54. The van der Waals surface area contributed by atoms with Crippen LogP contribution >= 0.6 is 11.6 Å². The molecule has 2 aromatic carbocycles. The fraction of sp³-hybridized carbons (Fsp3) is 0.133. The van der Waals surface area contributed by atoms with E-state index in [0.717, 1.165) is 0 Å². The minimum absolute atomic E-state index is 0.0820. The van der Waals surface area contributed by atoms with Crippen molar-refractivity contribution >= 4 is 27.4 Å². The van der Waals surface area contributed by atoms with Crippen molar-refractivity contribution in [3.05, 3.63) is 64.7 Å². The Morgan fingerprint density at radius 2 is 1.67 bits per heavy atom. The number of carboxylic acid groups (broad SMARTS) is 1. The number of hydrogen-bond donors (Lipinski definition) is 1. The SMILES string of the molecule is O=C(O)Cc1ccc(CS(=O)(=O)c2cccc(Cl)c2)cc1. The lowest BCUT2D eigenvalue weighted by molar-refractivity contribution is -0.136. The second kappa shape index (κ2) is 6.28. The largest absolute Gasteiger partial charge is 0.481 e. The number of hydrogen-bond acceptors (Lipinski definition) is 3. The summed E-state index contributed by atoms with van der Waals surface area (Å²) in [5.41, 5.74) is 1.23. The molecule has 0 fully saturated rings. The van der Waals surface area contributed by atoms with Crippen LogP contribution in [0.2, 0.25) is 5.02 Å². The zero-order chi connectivity index (χ0) is 15.5. The van der Waals surface area contributed by atoms with Crippen LogP contribution in [0.15, 0.2) is 53.4 Å². The summed E-state index contributed by atoms with van der Waals surface area (Å²) in [6, 6.07) is 12.6. The normalized spacial score (nSPS) is 11.3. The van der Waals surface area contributed by atoms with Gasteiger partial charge in [0, 0.05) is 5.02 Å². The molecule has 0 atom stereocenters. The minimum Gasteiger partial charge on any atom is -0.481 e. The zero-order valence-corrected chi connectivity index (χ0v) is 12.6. The summed E-state index contributed by atoms with van der Waals surface area (Å²) in [6.07, 6.45) is -0.0820. The Morgan fingerprint density at radius 3 is 2.24 bits per heavy atom. The van der Waals surface area contributed by atoms with E-state index in [2.05, 4.69) is 0 Å². The highest BCUT2D eigenvalue weighted by Crippen LogP contribution is 2.20. The molecule has 2 rings (SSSR count). The van der Waals surface area contributed by atoms with Gasteiger partial charge in [0.1, 0.15) is 0 Å². The molecular formula is C15H13ClO4S. The molecule has 0 saturated carbocycles. The lowest BCUT2D eigenvalue weighted by Gasteiger charge is -2.06. The standard InChI is InChI=1S/C15H13ClO4S/c16-13-2-1-3-14(9-13)21(19,20)10-12-6-4-11(5-7-12)8-15(17)18/h1-7,9H,8,10H2,(H,17,18). The molecule has 0 unspecified atom stereocenters. The molecule has 4 nitrogen and oxygen atoms in total. The predicted molar refractivity (Wildman–Crippen MR) is 80.1 cm³/mol. The third-order valence-corrected chi connectivity index (χ3v) is 4.81. The zero-order valence-electron chi connectivity index (χ0n) is 11.0. The maximum Gasteiger partial charge on any atom is 0.307 e.